The maximum Gasteiger partial charge on any atom is 0.416 e. The normalized spacial score (nSPS) is 25.9. The Balaban J connectivity index is 1.62. The third-order valence-electron chi connectivity index (χ3n) is 6.47. The second kappa shape index (κ2) is 8.26. The van der Waals surface area contributed by atoms with Crippen LogP contribution in [0.1, 0.15) is 65.9 Å². The average Bonchev–Trinajstić information content (AvgIpc) is 3.40. The number of benzene rings is 1. The summed E-state index contributed by atoms with van der Waals surface area (Å²) in [5.41, 5.74) is 0.0913. The van der Waals surface area contributed by atoms with E-state index >= 15 is 0 Å². The number of hydrogen-bond donors (Lipinski definition) is 0. The Kier molecular flexibility index (Phi) is 5.89. The monoisotopic (exact) mass is 411 g/mol. The van der Waals surface area contributed by atoms with Crippen molar-refractivity contribution in [1.82, 2.24) is 4.90 Å². The number of methoxy groups -OCH3 is 1. The molecule has 2 saturated heterocycles. The predicted octanol–water partition coefficient (Wildman–Crippen LogP) is 4.67. The van der Waals surface area contributed by atoms with E-state index in [9.17, 15) is 18.0 Å². The van der Waals surface area contributed by atoms with Crippen molar-refractivity contribution in [1.29, 1.82) is 0 Å². The lowest BCUT2D eigenvalue weighted by atomic mass is 9.86. The van der Waals surface area contributed by atoms with Crippen LogP contribution in [-0.2, 0) is 10.9 Å². The third-order valence-corrected chi connectivity index (χ3v) is 6.47. The molecule has 0 amide bonds. The number of Topliss-reactive ketones (excluding diaryl/α,β-unsaturated/α-hetero) is 1. The highest BCUT2D eigenvalue weighted by Gasteiger charge is 2.39. The lowest BCUT2D eigenvalue weighted by Crippen LogP contribution is -2.45. The van der Waals surface area contributed by atoms with E-state index < -0.39 is 11.7 Å². The molecule has 2 heterocycles. The van der Waals surface area contributed by atoms with E-state index in [0.29, 0.717) is 30.4 Å². The number of halogens is 3. The van der Waals surface area contributed by atoms with Crippen molar-refractivity contribution in [3.63, 3.8) is 0 Å². The number of rotatable bonds is 6. The molecule has 3 aliphatic rings. The topological polar surface area (TPSA) is 38.8 Å². The van der Waals surface area contributed by atoms with Gasteiger partial charge in [-0.1, -0.05) is 0 Å². The molecule has 0 bridgehead atoms. The number of carbonyl (C=O) groups is 1. The molecule has 29 heavy (non-hydrogen) atoms. The van der Waals surface area contributed by atoms with E-state index in [2.05, 4.69) is 4.90 Å². The third kappa shape index (κ3) is 4.45. The van der Waals surface area contributed by atoms with E-state index in [0.717, 1.165) is 44.5 Å². The molecule has 3 fully saturated rings. The van der Waals surface area contributed by atoms with Gasteiger partial charge in [-0.2, -0.15) is 13.2 Å². The molecular weight excluding hydrogens is 383 g/mol. The van der Waals surface area contributed by atoms with Crippen LogP contribution >= 0.6 is 0 Å². The zero-order chi connectivity index (χ0) is 20.6. The van der Waals surface area contributed by atoms with E-state index in [1.807, 2.05) is 0 Å². The Labute approximate surface area is 169 Å². The van der Waals surface area contributed by atoms with Gasteiger partial charge in [-0.15, -0.1) is 0 Å². The molecule has 1 aliphatic carbocycles. The van der Waals surface area contributed by atoms with Crippen LogP contribution in [0.5, 0.6) is 5.75 Å². The van der Waals surface area contributed by atoms with Crippen LogP contribution in [0.3, 0.4) is 0 Å². The summed E-state index contributed by atoms with van der Waals surface area (Å²) in [7, 11) is 1.33. The summed E-state index contributed by atoms with van der Waals surface area (Å²) < 4.78 is 50.9. The molecule has 0 unspecified atom stereocenters. The Hall–Kier alpha value is -1.60. The Morgan fingerprint density at radius 2 is 1.93 bits per heavy atom. The minimum absolute atomic E-state index is 0.0159. The highest BCUT2D eigenvalue weighted by molar-refractivity contribution is 6.00. The molecule has 0 spiro atoms. The molecule has 1 saturated carbocycles. The van der Waals surface area contributed by atoms with Crippen molar-refractivity contribution in [2.75, 3.05) is 33.4 Å². The molecule has 4 rings (SSSR count). The Morgan fingerprint density at radius 1 is 1.21 bits per heavy atom. The fourth-order valence-corrected chi connectivity index (χ4v) is 4.85. The van der Waals surface area contributed by atoms with Gasteiger partial charge in [0.05, 0.1) is 24.8 Å². The van der Waals surface area contributed by atoms with Gasteiger partial charge < -0.3 is 9.47 Å². The zero-order valence-electron chi connectivity index (χ0n) is 16.8. The zero-order valence-corrected chi connectivity index (χ0v) is 16.8. The Morgan fingerprint density at radius 3 is 2.55 bits per heavy atom. The molecule has 160 valence electrons. The van der Waals surface area contributed by atoms with Gasteiger partial charge >= 0.3 is 6.18 Å². The molecule has 2 atom stereocenters. The van der Waals surface area contributed by atoms with Crippen LogP contribution in [-0.4, -0.2) is 50.1 Å². The number of carbonyl (C=O) groups excluding carboxylic acids is 1. The van der Waals surface area contributed by atoms with Gasteiger partial charge in [0.25, 0.3) is 0 Å². The van der Waals surface area contributed by atoms with E-state index in [1.54, 1.807) is 0 Å². The molecule has 4 nitrogen and oxygen atoms in total. The van der Waals surface area contributed by atoms with Crippen LogP contribution in [0.2, 0.25) is 0 Å². The van der Waals surface area contributed by atoms with Crippen LogP contribution in [0.4, 0.5) is 13.2 Å². The second-order valence-corrected chi connectivity index (χ2v) is 8.48. The number of alkyl halides is 3. The summed E-state index contributed by atoms with van der Waals surface area (Å²) in [4.78, 5) is 15.8. The van der Waals surface area contributed by atoms with Crippen molar-refractivity contribution in [3.05, 3.63) is 28.8 Å². The van der Waals surface area contributed by atoms with Gasteiger partial charge in [0, 0.05) is 25.0 Å². The van der Waals surface area contributed by atoms with Crippen LogP contribution in [0.25, 0.3) is 0 Å². The Bertz CT molecular complexity index is 754. The SMILES string of the molecule is COc1cc(C(F)(F)F)cc(C2CC2)c1C(=O)C[C@@H]1COCC[C@H]1N1CCCC1. The summed E-state index contributed by atoms with van der Waals surface area (Å²) in [5.74, 6) is -0.00566. The fourth-order valence-electron chi connectivity index (χ4n) is 4.85. The second-order valence-electron chi connectivity index (χ2n) is 8.48. The molecule has 1 aromatic rings. The van der Waals surface area contributed by atoms with Crippen LogP contribution < -0.4 is 4.74 Å². The lowest BCUT2D eigenvalue weighted by molar-refractivity contribution is -0.137. The van der Waals surface area contributed by atoms with Crippen LogP contribution in [0.15, 0.2) is 12.1 Å². The van der Waals surface area contributed by atoms with Crippen molar-refractivity contribution in [2.24, 2.45) is 5.92 Å². The summed E-state index contributed by atoms with van der Waals surface area (Å²) in [6.45, 7) is 3.32. The summed E-state index contributed by atoms with van der Waals surface area (Å²) in [6, 6.07) is 2.43. The molecule has 2 aliphatic heterocycles. The molecule has 0 radical (unpaired) electrons. The number of hydrogen-bond acceptors (Lipinski definition) is 4. The molecule has 1 aromatic carbocycles. The van der Waals surface area contributed by atoms with Gasteiger partial charge in [0.2, 0.25) is 0 Å². The lowest BCUT2D eigenvalue weighted by Gasteiger charge is -2.37. The first-order chi connectivity index (χ1) is 13.9. The fraction of sp³-hybridized carbons (Fsp3) is 0.682. The summed E-state index contributed by atoms with van der Waals surface area (Å²) in [6.07, 6.45) is 0.700. The maximum atomic E-state index is 13.3. The van der Waals surface area contributed by atoms with E-state index in [1.165, 1.54) is 20.0 Å². The molecule has 7 heteroatoms. The van der Waals surface area contributed by atoms with Gasteiger partial charge in [-0.3, -0.25) is 9.69 Å². The van der Waals surface area contributed by atoms with Crippen molar-refractivity contribution in [3.8, 4) is 5.75 Å². The van der Waals surface area contributed by atoms with Crippen molar-refractivity contribution >= 4 is 5.78 Å². The predicted molar refractivity (Wildman–Crippen MR) is 102 cm³/mol. The summed E-state index contributed by atoms with van der Waals surface area (Å²) >= 11 is 0. The van der Waals surface area contributed by atoms with E-state index in [4.69, 9.17) is 9.47 Å². The first-order valence-electron chi connectivity index (χ1n) is 10.5. The standard InChI is InChI=1S/C22H28F3NO3/c1-28-20-12-16(22(23,24)25)11-17(14-4-5-14)21(20)19(27)10-15-13-29-9-6-18(15)26-7-2-3-8-26/h11-12,14-15,18H,2-10,13H2,1H3/t15-,18-/m1/s1. The van der Waals surface area contributed by atoms with Gasteiger partial charge in [-0.25, -0.2) is 0 Å². The number of ketones is 1. The minimum Gasteiger partial charge on any atom is -0.496 e. The maximum absolute atomic E-state index is 13.3. The number of nitrogens with zero attached hydrogens (tertiary/aromatic N) is 1. The first-order valence-corrected chi connectivity index (χ1v) is 10.5. The largest absolute Gasteiger partial charge is 0.496 e. The highest BCUT2D eigenvalue weighted by atomic mass is 19.4. The first kappa shape index (κ1) is 20.7. The van der Waals surface area contributed by atoms with Gasteiger partial charge in [0.15, 0.2) is 5.78 Å². The van der Waals surface area contributed by atoms with Crippen LogP contribution in [0, 0.1) is 5.92 Å². The van der Waals surface area contributed by atoms with Crippen molar-refractivity contribution < 1.29 is 27.4 Å². The highest BCUT2D eigenvalue weighted by Crippen LogP contribution is 2.47. The minimum atomic E-state index is -4.46. The van der Waals surface area contributed by atoms with Gasteiger partial charge in [-0.05, 0) is 68.8 Å². The molecule has 0 aromatic heterocycles. The number of ether oxygens (including phenoxy) is 2. The van der Waals surface area contributed by atoms with Crippen molar-refractivity contribution in [2.45, 2.75) is 56.7 Å². The quantitative estimate of drug-likeness (QED) is 0.638. The smallest absolute Gasteiger partial charge is 0.416 e. The average molecular weight is 411 g/mol. The summed E-state index contributed by atoms with van der Waals surface area (Å²) in [5, 5.41) is 0. The van der Waals surface area contributed by atoms with Gasteiger partial charge in [0.1, 0.15) is 5.75 Å². The van der Waals surface area contributed by atoms with E-state index in [-0.39, 0.29) is 29.8 Å². The molecular formula is C22H28F3NO3. The molecule has 0 N–H and O–H groups in total. The number of likely N-dealkylation sites (tertiary alicyclic amines) is 1.